The highest BCUT2D eigenvalue weighted by atomic mass is 35.5. The van der Waals surface area contributed by atoms with Crippen LogP contribution in [0.25, 0.3) is 0 Å². The Morgan fingerprint density at radius 1 is 0.895 bits per heavy atom. The first-order valence-corrected chi connectivity index (χ1v) is 8.20. The van der Waals surface area contributed by atoms with Gasteiger partial charge in [0.15, 0.2) is 9.84 Å². The van der Waals surface area contributed by atoms with E-state index in [1.165, 1.54) is 6.26 Å². The molecule has 1 unspecified atom stereocenters. The average Bonchev–Trinajstić information content (AvgIpc) is 2.38. The summed E-state index contributed by atoms with van der Waals surface area (Å²) in [5, 5.41) is 0.711. The second-order valence-corrected chi connectivity index (χ2v) is 7.07. The molecule has 19 heavy (non-hydrogen) atoms. The summed E-state index contributed by atoms with van der Waals surface area (Å²) < 4.78 is 22.8. The van der Waals surface area contributed by atoms with E-state index in [1.807, 2.05) is 36.4 Å². The minimum Gasteiger partial charge on any atom is -0.224 e. The largest absolute Gasteiger partial charge is 0.224 e. The highest BCUT2D eigenvalue weighted by Gasteiger charge is 2.11. The van der Waals surface area contributed by atoms with Gasteiger partial charge in [-0.05, 0) is 35.4 Å². The van der Waals surface area contributed by atoms with E-state index >= 15 is 0 Å². The predicted octanol–water partition coefficient (Wildman–Crippen LogP) is 3.90. The fraction of sp³-hybridized carbons (Fsp3) is 0.200. The second-order valence-electron chi connectivity index (χ2n) is 4.61. The monoisotopic (exact) mass is 294 g/mol. The second kappa shape index (κ2) is 5.35. The van der Waals surface area contributed by atoms with E-state index in [1.54, 1.807) is 12.1 Å². The van der Waals surface area contributed by atoms with Crippen LogP contribution in [0.2, 0.25) is 5.02 Å². The fourth-order valence-corrected chi connectivity index (χ4v) is 2.70. The average molecular weight is 295 g/mol. The van der Waals surface area contributed by atoms with Crippen LogP contribution in [-0.4, -0.2) is 14.7 Å². The Kier molecular flexibility index (Phi) is 3.97. The maximum absolute atomic E-state index is 11.4. The summed E-state index contributed by atoms with van der Waals surface area (Å²) in [4.78, 5) is 0.347. The van der Waals surface area contributed by atoms with Gasteiger partial charge in [0.1, 0.15) is 0 Å². The number of benzene rings is 2. The van der Waals surface area contributed by atoms with Gasteiger partial charge in [-0.1, -0.05) is 42.8 Å². The van der Waals surface area contributed by atoms with Gasteiger partial charge in [-0.15, -0.1) is 0 Å². The highest BCUT2D eigenvalue weighted by Crippen LogP contribution is 2.26. The first-order chi connectivity index (χ1) is 8.88. The topological polar surface area (TPSA) is 34.1 Å². The van der Waals surface area contributed by atoms with Crippen LogP contribution in [0.4, 0.5) is 0 Å². The maximum Gasteiger partial charge on any atom is 0.175 e. The van der Waals surface area contributed by atoms with Crippen LogP contribution >= 0.6 is 11.6 Å². The lowest BCUT2D eigenvalue weighted by Gasteiger charge is -2.13. The van der Waals surface area contributed by atoms with Gasteiger partial charge in [0.05, 0.1) is 4.90 Å². The van der Waals surface area contributed by atoms with E-state index in [0.29, 0.717) is 9.92 Å². The van der Waals surface area contributed by atoms with Crippen molar-refractivity contribution in [2.45, 2.75) is 17.7 Å². The number of rotatable bonds is 3. The lowest BCUT2D eigenvalue weighted by atomic mass is 9.93. The molecule has 0 saturated heterocycles. The molecule has 0 N–H and O–H groups in total. The number of sulfone groups is 1. The number of hydrogen-bond donors (Lipinski definition) is 0. The van der Waals surface area contributed by atoms with Crippen LogP contribution in [0, 0.1) is 0 Å². The third-order valence-corrected chi connectivity index (χ3v) is 4.56. The Balaban J connectivity index is 2.30. The van der Waals surface area contributed by atoms with Gasteiger partial charge in [-0.2, -0.15) is 0 Å². The first-order valence-electron chi connectivity index (χ1n) is 5.93. The Hall–Kier alpha value is -1.32. The van der Waals surface area contributed by atoms with E-state index in [9.17, 15) is 8.42 Å². The van der Waals surface area contributed by atoms with Crippen molar-refractivity contribution in [2.75, 3.05) is 6.26 Å². The standard InChI is InChI=1S/C15H15ClO2S/c1-11(12-3-7-14(16)8-4-12)13-5-9-15(10-6-13)19(2,17)18/h3-11H,1-2H3. The molecule has 0 aliphatic rings. The van der Waals surface area contributed by atoms with E-state index < -0.39 is 9.84 Å². The van der Waals surface area contributed by atoms with Gasteiger partial charge < -0.3 is 0 Å². The molecule has 0 radical (unpaired) electrons. The van der Waals surface area contributed by atoms with Crippen molar-refractivity contribution in [3.8, 4) is 0 Å². The molecule has 100 valence electrons. The van der Waals surface area contributed by atoms with Crippen LogP contribution in [-0.2, 0) is 9.84 Å². The summed E-state index contributed by atoms with van der Waals surface area (Å²) >= 11 is 5.87. The molecule has 0 aliphatic carbocycles. The zero-order chi connectivity index (χ0) is 14.0. The first kappa shape index (κ1) is 14.1. The van der Waals surface area contributed by atoms with Gasteiger partial charge >= 0.3 is 0 Å². The molecular weight excluding hydrogens is 280 g/mol. The highest BCUT2D eigenvalue weighted by molar-refractivity contribution is 7.90. The molecular formula is C15H15ClO2S. The van der Waals surface area contributed by atoms with Crippen molar-refractivity contribution < 1.29 is 8.42 Å². The molecule has 2 aromatic carbocycles. The van der Waals surface area contributed by atoms with Crippen LogP contribution in [0.3, 0.4) is 0 Å². The Labute approximate surface area is 119 Å². The molecule has 0 aromatic heterocycles. The summed E-state index contributed by atoms with van der Waals surface area (Å²) in [6.45, 7) is 2.08. The minimum absolute atomic E-state index is 0.200. The molecule has 1 atom stereocenters. The summed E-state index contributed by atoms with van der Waals surface area (Å²) in [7, 11) is -3.13. The Morgan fingerprint density at radius 2 is 1.32 bits per heavy atom. The van der Waals surface area contributed by atoms with Crippen molar-refractivity contribution in [1.82, 2.24) is 0 Å². The lowest BCUT2D eigenvalue weighted by molar-refractivity contribution is 0.602. The fourth-order valence-electron chi connectivity index (χ4n) is 1.95. The van der Waals surface area contributed by atoms with Crippen molar-refractivity contribution in [3.05, 3.63) is 64.7 Å². The van der Waals surface area contributed by atoms with Gasteiger partial charge in [-0.3, -0.25) is 0 Å². The molecule has 0 fully saturated rings. The van der Waals surface area contributed by atoms with Crippen LogP contribution in [0.15, 0.2) is 53.4 Å². The zero-order valence-corrected chi connectivity index (χ0v) is 12.4. The van der Waals surface area contributed by atoms with Crippen molar-refractivity contribution in [3.63, 3.8) is 0 Å². The molecule has 0 saturated carbocycles. The molecule has 4 heteroatoms. The maximum atomic E-state index is 11.4. The normalized spacial score (nSPS) is 13.2. The quantitative estimate of drug-likeness (QED) is 0.860. The summed E-state index contributed by atoms with van der Waals surface area (Å²) in [5.41, 5.74) is 2.23. The molecule has 2 aromatic rings. The van der Waals surface area contributed by atoms with Gasteiger partial charge in [0.25, 0.3) is 0 Å². The number of hydrogen-bond acceptors (Lipinski definition) is 2. The molecule has 0 spiro atoms. The molecule has 2 rings (SSSR count). The van der Waals surface area contributed by atoms with Crippen molar-refractivity contribution in [2.24, 2.45) is 0 Å². The summed E-state index contributed by atoms with van der Waals surface area (Å²) in [6.07, 6.45) is 1.21. The third kappa shape index (κ3) is 3.37. The van der Waals surface area contributed by atoms with Crippen LogP contribution in [0.5, 0.6) is 0 Å². The molecule has 0 heterocycles. The van der Waals surface area contributed by atoms with E-state index in [4.69, 9.17) is 11.6 Å². The van der Waals surface area contributed by atoms with Crippen LogP contribution in [0.1, 0.15) is 24.0 Å². The summed E-state index contributed by atoms with van der Waals surface area (Å²) in [5.74, 6) is 0.200. The SMILES string of the molecule is CC(c1ccc(Cl)cc1)c1ccc(S(C)(=O)=O)cc1. The Bertz CT molecular complexity index is 658. The minimum atomic E-state index is -3.13. The van der Waals surface area contributed by atoms with Gasteiger partial charge in [0, 0.05) is 17.2 Å². The smallest absolute Gasteiger partial charge is 0.175 e. The zero-order valence-electron chi connectivity index (χ0n) is 10.8. The molecule has 0 aliphatic heterocycles. The van der Waals surface area contributed by atoms with Crippen molar-refractivity contribution in [1.29, 1.82) is 0 Å². The third-order valence-electron chi connectivity index (χ3n) is 3.18. The van der Waals surface area contributed by atoms with E-state index in [-0.39, 0.29) is 5.92 Å². The summed E-state index contributed by atoms with van der Waals surface area (Å²) in [6, 6.07) is 14.7. The number of halogens is 1. The van der Waals surface area contributed by atoms with E-state index in [2.05, 4.69) is 6.92 Å². The lowest BCUT2D eigenvalue weighted by Crippen LogP contribution is -1.99. The van der Waals surface area contributed by atoms with Gasteiger partial charge in [0.2, 0.25) is 0 Å². The molecule has 2 nitrogen and oxygen atoms in total. The van der Waals surface area contributed by atoms with Crippen LogP contribution < -0.4 is 0 Å². The van der Waals surface area contributed by atoms with Crippen molar-refractivity contribution >= 4 is 21.4 Å². The van der Waals surface area contributed by atoms with E-state index in [0.717, 1.165) is 11.1 Å². The predicted molar refractivity (Wildman–Crippen MR) is 78.5 cm³/mol. The molecule has 0 amide bonds. The van der Waals surface area contributed by atoms with Gasteiger partial charge in [-0.25, -0.2) is 8.42 Å². The molecule has 0 bridgehead atoms. The Morgan fingerprint density at radius 3 is 1.74 bits per heavy atom.